The summed E-state index contributed by atoms with van der Waals surface area (Å²) in [6, 6.07) is 0. The van der Waals surface area contributed by atoms with Gasteiger partial charge < -0.3 is 21.1 Å². The first kappa shape index (κ1) is 26.0. The Balaban J connectivity index is 2.45. The maximum absolute atomic E-state index is 12.9. The number of nitrogens with two attached hydrogens (primary N) is 1. The Morgan fingerprint density at radius 1 is 1.31 bits per heavy atom. The number of carbonyl (C=O) groups is 1. The molecule has 0 aliphatic heterocycles. The van der Waals surface area contributed by atoms with Crippen LogP contribution in [0.3, 0.4) is 0 Å². The highest BCUT2D eigenvalue weighted by Crippen LogP contribution is 2.09. The van der Waals surface area contributed by atoms with Gasteiger partial charge >= 0.3 is 0 Å². The Labute approximate surface area is 186 Å². The highest BCUT2D eigenvalue weighted by Gasteiger charge is 2.05. The molecule has 0 unspecified atom stereocenters. The lowest BCUT2D eigenvalue weighted by Gasteiger charge is -2.11. The number of hydrogen-bond donors (Lipinski definition) is 3. The van der Waals surface area contributed by atoms with Gasteiger partial charge in [0.25, 0.3) is 5.91 Å². The summed E-state index contributed by atoms with van der Waals surface area (Å²) in [5.41, 5.74) is 7.70. The van der Waals surface area contributed by atoms with E-state index < -0.39 is 11.7 Å². The summed E-state index contributed by atoms with van der Waals surface area (Å²) in [7, 11) is 0. The number of aromatic nitrogens is 2. The molecule has 0 aliphatic carbocycles. The molecule has 0 aromatic carbocycles. The third-order valence-electron chi connectivity index (χ3n) is 3.62. The first-order chi connectivity index (χ1) is 15.4. The van der Waals surface area contributed by atoms with Crippen molar-refractivity contribution < 1.29 is 18.3 Å². The van der Waals surface area contributed by atoms with E-state index in [-0.39, 0.29) is 25.2 Å². The highest BCUT2D eigenvalue weighted by atomic mass is 19.2. The van der Waals surface area contributed by atoms with E-state index in [1.807, 2.05) is 0 Å². The Morgan fingerprint density at radius 3 is 2.78 bits per heavy atom. The monoisotopic (exact) mass is 443 g/mol. The van der Waals surface area contributed by atoms with Gasteiger partial charge in [-0.05, 0) is 18.2 Å². The van der Waals surface area contributed by atoms with E-state index in [4.69, 9.17) is 10.5 Å². The lowest BCUT2D eigenvalue weighted by Crippen LogP contribution is -2.29. The van der Waals surface area contributed by atoms with Gasteiger partial charge in [-0.2, -0.15) is 0 Å². The number of halogens is 2. The van der Waals surface area contributed by atoms with Crippen molar-refractivity contribution in [1.29, 1.82) is 0 Å². The van der Waals surface area contributed by atoms with E-state index >= 15 is 0 Å². The Kier molecular flexibility index (Phi) is 12.1. The Morgan fingerprint density at radius 2 is 2.09 bits per heavy atom. The quantitative estimate of drug-likeness (QED) is 0.226. The number of amides is 1. The maximum atomic E-state index is 12.9. The van der Waals surface area contributed by atoms with Crippen molar-refractivity contribution in [2.24, 2.45) is 5.73 Å². The molecule has 0 spiro atoms. The molecule has 32 heavy (non-hydrogen) atoms. The molecule has 0 bridgehead atoms. The second-order valence-corrected chi connectivity index (χ2v) is 6.28. The second-order valence-electron chi connectivity index (χ2n) is 6.28. The van der Waals surface area contributed by atoms with Gasteiger partial charge in [-0.3, -0.25) is 9.78 Å². The average molecular weight is 443 g/mol. The largest absolute Gasteiger partial charge is 0.484 e. The molecule has 0 saturated carbocycles. The van der Waals surface area contributed by atoms with E-state index in [1.54, 1.807) is 36.7 Å². The van der Waals surface area contributed by atoms with Gasteiger partial charge in [0.1, 0.15) is 17.9 Å². The molecule has 4 N–H and O–H groups in total. The van der Waals surface area contributed by atoms with Crippen LogP contribution in [-0.4, -0.2) is 29.0 Å². The zero-order valence-electron chi connectivity index (χ0n) is 17.7. The fraction of sp³-hybridized carbons (Fsp3) is 0.174. The first-order valence-electron chi connectivity index (χ1n) is 9.57. The van der Waals surface area contributed by atoms with Gasteiger partial charge in [-0.25, -0.2) is 13.8 Å². The van der Waals surface area contributed by atoms with Crippen LogP contribution in [0.2, 0.25) is 0 Å². The zero-order chi connectivity index (χ0) is 23.8. The van der Waals surface area contributed by atoms with E-state index in [1.165, 1.54) is 6.08 Å². The van der Waals surface area contributed by atoms with Crippen LogP contribution in [0, 0.1) is 0 Å². The van der Waals surface area contributed by atoms with Crippen LogP contribution in [0.25, 0.3) is 6.08 Å². The second kappa shape index (κ2) is 14.9. The minimum atomic E-state index is -1.14. The standard InChI is InChI=1S/C23H27F2N5O2/c1-4-7-19(26)8-6-9-20-14-27-15-22(30-20)29-17(3)10-11-28-23(31)16-32-21(5-2)12-18(25)13-24/h4-6,8-9,12-15H,1-3,7,10-11,16,26H2,(H,28,31)(H,29,30)/b9-6+,18-13-,19-8-,21-12+. The molecule has 0 saturated heterocycles. The van der Waals surface area contributed by atoms with E-state index in [2.05, 4.69) is 40.3 Å². The zero-order valence-corrected chi connectivity index (χ0v) is 17.7. The van der Waals surface area contributed by atoms with Crippen molar-refractivity contribution in [1.82, 2.24) is 15.3 Å². The van der Waals surface area contributed by atoms with Crippen molar-refractivity contribution in [3.8, 4) is 0 Å². The van der Waals surface area contributed by atoms with Gasteiger partial charge in [-0.15, -0.1) is 6.58 Å². The van der Waals surface area contributed by atoms with Crippen LogP contribution >= 0.6 is 0 Å². The lowest BCUT2D eigenvalue weighted by atomic mass is 10.3. The van der Waals surface area contributed by atoms with E-state index in [0.717, 1.165) is 6.08 Å². The van der Waals surface area contributed by atoms with Crippen molar-refractivity contribution in [3.63, 3.8) is 0 Å². The summed E-state index contributed by atoms with van der Waals surface area (Å²) in [6.45, 7) is 10.8. The molecule has 1 amide bonds. The average Bonchev–Trinajstić information content (AvgIpc) is 2.76. The number of rotatable bonds is 14. The fourth-order valence-corrected chi connectivity index (χ4v) is 2.15. The molecule has 1 rings (SSSR count). The number of allylic oxidation sites excluding steroid dienone is 6. The highest BCUT2D eigenvalue weighted by molar-refractivity contribution is 5.77. The molecule has 1 heterocycles. The van der Waals surface area contributed by atoms with Crippen LogP contribution in [0.4, 0.5) is 14.6 Å². The predicted octanol–water partition coefficient (Wildman–Crippen LogP) is 4.21. The smallest absolute Gasteiger partial charge is 0.257 e. The van der Waals surface area contributed by atoms with Gasteiger partial charge in [-0.1, -0.05) is 25.3 Å². The van der Waals surface area contributed by atoms with Gasteiger partial charge in [0, 0.05) is 36.9 Å². The molecule has 0 radical (unpaired) electrons. The van der Waals surface area contributed by atoms with Crippen LogP contribution in [0.1, 0.15) is 18.5 Å². The minimum absolute atomic E-state index is 0.0657. The predicted molar refractivity (Wildman–Crippen MR) is 123 cm³/mol. The number of anilines is 1. The van der Waals surface area contributed by atoms with Crippen LogP contribution in [-0.2, 0) is 9.53 Å². The topological polar surface area (TPSA) is 102 Å². The Bertz CT molecular complexity index is 936. The summed E-state index contributed by atoms with van der Waals surface area (Å²) in [6.07, 6.45) is 12.9. The van der Waals surface area contributed by atoms with Crippen molar-refractivity contribution in [2.75, 3.05) is 18.5 Å². The number of carbonyl (C=O) groups excluding carboxylic acids is 1. The minimum Gasteiger partial charge on any atom is -0.484 e. The van der Waals surface area contributed by atoms with Crippen molar-refractivity contribution in [2.45, 2.75) is 12.8 Å². The lowest BCUT2D eigenvalue weighted by molar-refractivity contribution is -0.124. The van der Waals surface area contributed by atoms with Gasteiger partial charge in [0.2, 0.25) is 0 Å². The van der Waals surface area contributed by atoms with Crippen LogP contribution < -0.4 is 16.4 Å². The van der Waals surface area contributed by atoms with Crippen LogP contribution in [0.15, 0.2) is 91.8 Å². The third kappa shape index (κ3) is 11.2. The normalized spacial score (nSPS) is 12.4. The summed E-state index contributed by atoms with van der Waals surface area (Å²) in [5, 5.41) is 5.64. The van der Waals surface area contributed by atoms with Crippen molar-refractivity contribution in [3.05, 3.63) is 97.5 Å². The van der Waals surface area contributed by atoms with E-state index in [9.17, 15) is 13.6 Å². The van der Waals surface area contributed by atoms with Gasteiger partial charge in [0.15, 0.2) is 12.4 Å². The first-order valence-corrected chi connectivity index (χ1v) is 9.57. The molecule has 170 valence electrons. The molecule has 1 aromatic rings. The maximum Gasteiger partial charge on any atom is 0.257 e. The number of nitrogens with one attached hydrogen (secondary N) is 2. The fourth-order valence-electron chi connectivity index (χ4n) is 2.15. The SMILES string of the molecule is C=CC/C(N)=C/C=C/c1cncc(NC(=C)CCNC(=O)CO/C(C=C)=C/C(F)=C/F)n1. The molecule has 9 heteroatoms. The number of ether oxygens (including phenoxy) is 1. The number of hydrogen-bond acceptors (Lipinski definition) is 6. The summed E-state index contributed by atoms with van der Waals surface area (Å²) >= 11 is 0. The van der Waals surface area contributed by atoms with Crippen LogP contribution in [0.5, 0.6) is 0 Å². The van der Waals surface area contributed by atoms with E-state index in [0.29, 0.717) is 35.7 Å². The van der Waals surface area contributed by atoms with Crippen molar-refractivity contribution >= 4 is 17.8 Å². The van der Waals surface area contributed by atoms with Gasteiger partial charge in [0.05, 0.1) is 18.1 Å². The molecule has 0 fully saturated rings. The summed E-state index contributed by atoms with van der Waals surface area (Å²) < 4.78 is 29.9. The molecule has 0 atom stereocenters. The summed E-state index contributed by atoms with van der Waals surface area (Å²) in [5.74, 6) is -1.15. The number of nitrogens with zero attached hydrogens (tertiary/aromatic N) is 2. The third-order valence-corrected chi connectivity index (χ3v) is 3.62. The summed E-state index contributed by atoms with van der Waals surface area (Å²) in [4.78, 5) is 20.3. The molecule has 0 aliphatic rings. The molecular weight excluding hydrogens is 416 g/mol. The molecule has 1 aromatic heterocycles. The molecule has 7 nitrogen and oxygen atoms in total. The Hall–Kier alpha value is -4.01. The molecular formula is C23H27F2N5O2.